The van der Waals surface area contributed by atoms with Crippen molar-refractivity contribution in [1.82, 2.24) is 9.62 Å². The topological polar surface area (TPSA) is 102 Å². The Kier molecular flexibility index (Phi) is 5.19. The molecule has 1 heterocycles. The molecule has 1 aliphatic carbocycles. The summed E-state index contributed by atoms with van der Waals surface area (Å²) in [7, 11) is -3.62. The Balaban J connectivity index is 1.69. The summed E-state index contributed by atoms with van der Waals surface area (Å²) in [6, 6.07) is 5.83. The molecule has 1 unspecified atom stereocenters. The summed E-state index contributed by atoms with van der Waals surface area (Å²) >= 11 is 0. The first-order valence-electron chi connectivity index (χ1n) is 8.21. The van der Waals surface area contributed by atoms with Crippen LogP contribution in [0.1, 0.15) is 23.2 Å². The fourth-order valence-corrected chi connectivity index (χ4v) is 4.15. The van der Waals surface area contributed by atoms with E-state index in [-0.39, 0.29) is 23.4 Å². The number of amides is 1. The van der Waals surface area contributed by atoms with E-state index in [0.29, 0.717) is 37.8 Å². The molecule has 0 aromatic heterocycles. The number of hydrogen-bond donors (Lipinski definition) is 2. The number of nitrogens with one attached hydrogen (secondary N) is 1. The lowest BCUT2D eigenvalue weighted by Crippen LogP contribution is -2.41. The molecule has 2 fully saturated rings. The van der Waals surface area contributed by atoms with Crippen molar-refractivity contribution in [2.75, 3.05) is 32.8 Å². The predicted octanol–water partition coefficient (Wildman–Crippen LogP) is 0.175. The molecule has 8 heteroatoms. The molecule has 24 heavy (non-hydrogen) atoms. The molecule has 1 aromatic rings. The van der Waals surface area contributed by atoms with E-state index in [0.717, 1.165) is 12.8 Å². The normalized spacial score (nSPS) is 20.0. The summed E-state index contributed by atoms with van der Waals surface area (Å²) < 4.78 is 32.8. The number of ether oxygens (including phenoxy) is 1. The van der Waals surface area contributed by atoms with E-state index in [1.54, 1.807) is 17.0 Å². The number of carbonyl (C=O) groups excluding carboxylic acids is 1. The maximum Gasteiger partial charge on any atom is 0.254 e. The standard InChI is InChI=1S/C16H23N3O4S/c17-11-15(12-1-2-12)18-24(21,22)14-5-3-13(4-6-14)16(20)19-7-9-23-10-8-19/h3-6,12,15,18H,1-2,7-11,17H2. The van der Waals surface area contributed by atoms with Gasteiger partial charge in [0.25, 0.3) is 5.91 Å². The molecule has 0 spiro atoms. The first-order valence-corrected chi connectivity index (χ1v) is 9.69. The number of hydrogen-bond acceptors (Lipinski definition) is 5. The van der Waals surface area contributed by atoms with Gasteiger partial charge in [0.15, 0.2) is 0 Å². The number of morpholine rings is 1. The molecule has 1 aliphatic heterocycles. The quantitative estimate of drug-likeness (QED) is 0.759. The fourth-order valence-electron chi connectivity index (χ4n) is 2.83. The van der Waals surface area contributed by atoms with Crippen molar-refractivity contribution in [2.24, 2.45) is 11.7 Å². The van der Waals surface area contributed by atoms with Gasteiger partial charge in [-0.3, -0.25) is 4.79 Å². The predicted molar refractivity (Wildman–Crippen MR) is 89.1 cm³/mol. The first-order chi connectivity index (χ1) is 11.5. The van der Waals surface area contributed by atoms with Crippen LogP contribution < -0.4 is 10.5 Å². The number of nitrogens with zero attached hydrogens (tertiary/aromatic N) is 1. The van der Waals surface area contributed by atoms with Crippen molar-refractivity contribution >= 4 is 15.9 Å². The van der Waals surface area contributed by atoms with Crippen LogP contribution in [0.5, 0.6) is 0 Å². The molecule has 1 atom stereocenters. The van der Waals surface area contributed by atoms with Gasteiger partial charge in [0.2, 0.25) is 10.0 Å². The first kappa shape index (κ1) is 17.3. The third kappa shape index (κ3) is 3.94. The van der Waals surface area contributed by atoms with Crippen LogP contribution in [0.3, 0.4) is 0 Å². The summed E-state index contributed by atoms with van der Waals surface area (Å²) in [6.07, 6.45) is 2.02. The lowest BCUT2D eigenvalue weighted by molar-refractivity contribution is 0.0303. The number of rotatable bonds is 6. The van der Waals surface area contributed by atoms with E-state index >= 15 is 0 Å². The van der Waals surface area contributed by atoms with Crippen LogP contribution in [0, 0.1) is 5.92 Å². The number of carbonyl (C=O) groups is 1. The van der Waals surface area contributed by atoms with Crippen LogP contribution in [-0.2, 0) is 14.8 Å². The summed E-state index contributed by atoms with van der Waals surface area (Å²) in [5.41, 5.74) is 6.14. The zero-order valence-electron chi connectivity index (χ0n) is 13.5. The summed E-state index contributed by atoms with van der Waals surface area (Å²) in [4.78, 5) is 14.2. The Labute approximate surface area is 142 Å². The van der Waals surface area contributed by atoms with Gasteiger partial charge in [0, 0.05) is 31.2 Å². The largest absolute Gasteiger partial charge is 0.378 e. The second-order valence-electron chi connectivity index (χ2n) is 6.23. The maximum atomic E-state index is 12.4. The van der Waals surface area contributed by atoms with Gasteiger partial charge in [-0.2, -0.15) is 0 Å². The molecular formula is C16H23N3O4S. The molecule has 3 rings (SSSR count). The van der Waals surface area contributed by atoms with Crippen molar-refractivity contribution in [3.05, 3.63) is 29.8 Å². The molecular weight excluding hydrogens is 330 g/mol. The smallest absolute Gasteiger partial charge is 0.254 e. The summed E-state index contributed by atoms with van der Waals surface area (Å²) in [6.45, 7) is 2.46. The molecule has 7 nitrogen and oxygen atoms in total. The van der Waals surface area contributed by atoms with Gasteiger partial charge in [0.1, 0.15) is 0 Å². The number of benzene rings is 1. The monoisotopic (exact) mass is 353 g/mol. The molecule has 1 saturated heterocycles. The molecule has 1 amide bonds. The highest BCUT2D eigenvalue weighted by atomic mass is 32.2. The Morgan fingerprint density at radius 3 is 2.42 bits per heavy atom. The zero-order valence-corrected chi connectivity index (χ0v) is 14.3. The van der Waals surface area contributed by atoms with Gasteiger partial charge in [-0.25, -0.2) is 13.1 Å². The third-order valence-electron chi connectivity index (χ3n) is 4.46. The molecule has 1 saturated carbocycles. The van der Waals surface area contributed by atoms with Crippen molar-refractivity contribution in [3.63, 3.8) is 0 Å². The minimum Gasteiger partial charge on any atom is -0.378 e. The van der Waals surface area contributed by atoms with Crippen LogP contribution >= 0.6 is 0 Å². The van der Waals surface area contributed by atoms with Crippen LogP contribution in [0.2, 0.25) is 0 Å². The fraction of sp³-hybridized carbons (Fsp3) is 0.562. The highest BCUT2D eigenvalue weighted by Gasteiger charge is 2.33. The third-order valence-corrected chi connectivity index (χ3v) is 5.97. The summed E-state index contributed by atoms with van der Waals surface area (Å²) in [5.74, 6) is 0.236. The van der Waals surface area contributed by atoms with Gasteiger partial charge in [-0.05, 0) is 43.0 Å². The molecule has 132 valence electrons. The lowest BCUT2D eigenvalue weighted by atomic mass is 10.2. The van der Waals surface area contributed by atoms with Gasteiger partial charge >= 0.3 is 0 Å². The van der Waals surface area contributed by atoms with E-state index in [2.05, 4.69) is 4.72 Å². The molecule has 2 aliphatic rings. The number of nitrogens with two attached hydrogens (primary N) is 1. The maximum absolute atomic E-state index is 12.4. The second-order valence-corrected chi connectivity index (χ2v) is 7.94. The van der Waals surface area contributed by atoms with E-state index < -0.39 is 10.0 Å². The van der Waals surface area contributed by atoms with E-state index in [9.17, 15) is 13.2 Å². The number of sulfonamides is 1. The van der Waals surface area contributed by atoms with Crippen molar-refractivity contribution in [1.29, 1.82) is 0 Å². The zero-order chi connectivity index (χ0) is 17.2. The van der Waals surface area contributed by atoms with E-state index in [1.807, 2.05) is 0 Å². The van der Waals surface area contributed by atoms with Gasteiger partial charge < -0.3 is 15.4 Å². The SMILES string of the molecule is NCC(NS(=O)(=O)c1ccc(C(=O)N2CCOCC2)cc1)C1CC1. The van der Waals surface area contributed by atoms with Gasteiger partial charge in [-0.1, -0.05) is 0 Å². The summed E-state index contributed by atoms with van der Waals surface area (Å²) in [5, 5.41) is 0. The van der Waals surface area contributed by atoms with Crippen molar-refractivity contribution < 1.29 is 17.9 Å². The van der Waals surface area contributed by atoms with Crippen LogP contribution in [-0.4, -0.2) is 58.1 Å². The molecule has 1 aromatic carbocycles. The average Bonchev–Trinajstić information content (AvgIpc) is 3.45. The Hall–Kier alpha value is -1.48. The Morgan fingerprint density at radius 2 is 1.88 bits per heavy atom. The lowest BCUT2D eigenvalue weighted by Gasteiger charge is -2.26. The minimum atomic E-state index is -3.62. The van der Waals surface area contributed by atoms with Crippen molar-refractivity contribution in [3.8, 4) is 0 Å². The van der Waals surface area contributed by atoms with Crippen molar-refractivity contribution in [2.45, 2.75) is 23.8 Å². The van der Waals surface area contributed by atoms with Gasteiger partial charge in [0.05, 0.1) is 18.1 Å². The Bertz CT molecular complexity index is 680. The minimum absolute atomic E-state index is 0.104. The second kappa shape index (κ2) is 7.18. The van der Waals surface area contributed by atoms with E-state index in [1.165, 1.54) is 12.1 Å². The Morgan fingerprint density at radius 1 is 1.25 bits per heavy atom. The molecule has 0 radical (unpaired) electrons. The van der Waals surface area contributed by atoms with Gasteiger partial charge in [-0.15, -0.1) is 0 Å². The highest BCUT2D eigenvalue weighted by molar-refractivity contribution is 7.89. The highest BCUT2D eigenvalue weighted by Crippen LogP contribution is 2.32. The average molecular weight is 353 g/mol. The molecule has 0 bridgehead atoms. The van der Waals surface area contributed by atoms with E-state index in [4.69, 9.17) is 10.5 Å². The van der Waals surface area contributed by atoms with Crippen LogP contribution in [0.15, 0.2) is 29.2 Å². The van der Waals surface area contributed by atoms with Crippen LogP contribution in [0.25, 0.3) is 0 Å². The van der Waals surface area contributed by atoms with Crippen LogP contribution in [0.4, 0.5) is 0 Å². The molecule has 3 N–H and O–H groups in total.